The zero-order valence-electron chi connectivity index (χ0n) is 10.3. The van der Waals surface area contributed by atoms with Crippen molar-refractivity contribution in [3.63, 3.8) is 0 Å². The molecule has 5 nitrogen and oxygen atoms in total. The van der Waals surface area contributed by atoms with Gasteiger partial charge < -0.3 is 5.32 Å². The lowest BCUT2D eigenvalue weighted by Gasteiger charge is -2.12. The Balaban J connectivity index is 2.04. The molecule has 2 rings (SSSR count). The lowest BCUT2D eigenvalue weighted by molar-refractivity contribution is -0.384. The lowest BCUT2D eigenvalue weighted by atomic mass is 10.1. The number of nitrogens with one attached hydrogen (secondary N) is 1. The number of carbonyl (C=O) groups excluding carboxylic acids is 1. The molecular formula is C13H16N2O3. The summed E-state index contributed by atoms with van der Waals surface area (Å²) in [6.45, 7) is 2.17. The summed E-state index contributed by atoms with van der Waals surface area (Å²) in [5.74, 6) is 0.415. The molecule has 0 spiro atoms. The molecule has 0 saturated heterocycles. The highest BCUT2D eigenvalue weighted by molar-refractivity contribution is 5.95. The monoisotopic (exact) mass is 248 g/mol. The van der Waals surface area contributed by atoms with Crippen LogP contribution in [0.5, 0.6) is 0 Å². The fraction of sp³-hybridized carbons (Fsp3) is 0.462. The molecule has 18 heavy (non-hydrogen) atoms. The van der Waals surface area contributed by atoms with Crippen molar-refractivity contribution in [2.75, 3.05) is 0 Å². The molecular weight excluding hydrogens is 232 g/mol. The first-order valence-corrected chi connectivity index (χ1v) is 6.11. The molecule has 0 bridgehead atoms. The van der Waals surface area contributed by atoms with E-state index < -0.39 is 4.92 Å². The van der Waals surface area contributed by atoms with Crippen LogP contribution >= 0.6 is 0 Å². The largest absolute Gasteiger partial charge is 0.349 e. The second kappa shape index (κ2) is 5.16. The van der Waals surface area contributed by atoms with Crippen molar-refractivity contribution in [1.82, 2.24) is 5.32 Å². The average Bonchev–Trinajstić information content (AvgIpc) is 2.75. The van der Waals surface area contributed by atoms with Crippen LogP contribution in [0.2, 0.25) is 0 Å². The Morgan fingerprint density at radius 1 is 1.44 bits per heavy atom. The SMILES string of the molecule is CC1CCC(NC(=O)c2cccc([N+](=O)[O-])c2)C1. The van der Waals surface area contributed by atoms with Gasteiger partial charge in [0, 0.05) is 23.7 Å². The minimum absolute atomic E-state index is 0.0533. The van der Waals surface area contributed by atoms with Crippen molar-refractivity contribution in [1.29, 1.82) is 0 Å². The van der Waals surface area contributed by atoms with E-state index >= 15 is 0 Å². The van der Waals surface area contributed by atoms with Crippen molar-refractivity contribution in [2.24, 2.45) is 5.92 Å². The highest BCUT2D eigenvalue weighted by Gasteiger charge is 2.23. The van der Waals surface area contributed by atoms with Crippen LogP contribution in [-0.2, 0) is 0 Å². The van der Waals surface area contributed by atoms with Crippen molar-refractivity contribution in [2.45, 2.75) is 32.2 Å². The fourth-order valence-electron chi connectivity index (χ4n) is 2.37. The van der Waals surface area contributed by atoms with Gasteiger partial charge in [-0.2, -0.15) is 0 Å². The van der Waals surface area contributed by atoms with E-state index in [-0.39, 0.29) is 17.6 Å². The summed E-state index contributed by atoms with van der Waals surface area (Å²) in [5.41, 5.74) is 0.297. The predicted octanol–water partition coefficient (Wildman–Crippen LogP) is 2.51. The maximum Gasteiger partial charge on any atom is 0.270 e. The summed E-state index contributed by atoms with van der Waals surface area (Å²) in [4.78, 5) is 22.1. The molecule has 0 aliphatic heterocycles. The minimum Gasteiger partial charge on any atom is -0.349 e. The molecule has 1 aromatic carbocycles. The third-order valence-electron chi connectivity index (χ3n) is 3.35. The van der Waals surface area contributed by atoms with E-state index in [9.17, 15) is 14.9 Å². The number of nitro benzene ring substituents is 1. The van der Waals surface area contributed by atoms with Crippen LogP contribution in [0.3, 0.4) is 0 Å². The number of nitro groups is 1. The topological polar surface area (TPSA) is 72.2 Å². The average molecular weight is 248 g/mol. The molecule has 1 N–H and O–H groups in total. The van der Waals surface area contributed by atoms with Gasteiger partial charge in [0.15, 0.2) is 0 Å². The number of benzene rings is 1. The standard InChI is InChI=1S/C13H16N2O3/c1-9-5-6-11(7-9)14-13(16)10-3-2-4-12(8-10)15(17)18/h2-4,8-9,11H,5-7H2,1H3,(H,14,16). The van der Waals surface area contributed by atoms with Crippen molar-refractivity contribution in [3.8, 4) is 0 Å². The summed E-state index contributed by atoms with van der Waals surface area (Å²) in [7, 11) is 0. The first-order chi connectivity index (χ1) is 8.56. The number of carbonyl (C=O) groups is 1. The van der Waals surface area contributed by atoms with E-state index in [4.69, 9.17) is 0 Å². The smallest absolute Gasteiger partial charge is 0.270 e. The lowest BCUT2D eigenvalue weighted by Crippen LogP contribution is -2.32. The molecule has 1 aliphatic carbocycles. The highest BCUT2D eigenvalue weighted by Crippen LogP contribution is 2.25. The van der Waals surface area contributed by atoms with Crippen molar-refractivity contribution < 1.29 is 9.72 Å². The van der Waals surface area contributed by atoms with Gasteiger partial charge in [0.05, 0.1) is 4.92 Å². The van der Waals surface area contributed by atoms with Gasteiger partial charge in [-0.1, -0.05) is 13.0 Å². The van der Waals surface area contributed by atoms with Crippen LogP contribution in [0.1, 0.15) is 36.5 Å². The predicted molar refractivity (Wildman–Crippen MR) is 67.4 cm³/mol. The van der Waals surface area contributed by atoms with E-state index in [2.05, 4.69) is 12.2 Å². The third-order valence-corrected chi connectivity index (χ3v) is 3.35. The van der Waals surface area contributed by atoms with E-state index in [1.165, 1.54) is 18.2 Å². The maximum absolute atomic E-state index is 11.9. The summed E-state index contributed by atoms with van der Waals surface area (Å²) >= 11 is 0. The molecule has 1 aliphatic rings. The number of hydrogen-bond donors (Lipinski definition) is 1. The van der Waals surface area contributed by atoms with Gasteiger partial charge in [0.1, 0.15) is 0 Å². The Kier molecular flexibility index (Phi) is 3.60. The molecule has 1 amide bonds. The Morgan fingerprint density at radius 3 is 2.83 bits per heavy atom. The van der Waals surface area contributed by atoms with Crippen LogP contribution in [0, 0.1) is 16.0 Å². The highest BCUT2D eigenvalue weighted by atomic mass is 16.6. The van der Waals surface area contributed by atoms with Gasteiger partial charge in [-0.25, -0.2) is 0 Å². The van der Waals surface area contributed by atoms with Crippen LogP contribution in [0.4, 0.5) is 5.69 Å². The Hall–Kier alpha value is -1.91. The van der Waals surface area contributed by atoms with Gasteiger partial charge in [0.2, 0.25) is 0 Å². The zero-order chi connectivity index (χ0) is 13.1. The molecule has 0 heterocycles. The normalized spacial score (nSPS) is 22.7. The van der Waals surface area contributed by atoms with Gasteiger partial charge in [0.25, 0.3) is 11.6 Å². The summed E-state index contributed by atoms with van der Waals surface area (Å²) < 4.78 is 0. The van der Waals surface area contributed by atoms with Crippen molar-refractivity contribution >= 4 is 11.6 Å². The van der Waals surface area contributed by atoms with E-state index in [1.807, 2.05) is 0 Å². The number of amides is 1. The third kappa shape index (κ3) is 2.85. The van der Waals surface area contributed by atoms with E-state index in [0.717, 1.165) is 19.3 Å². The Labute approximate surface area is 105 Å². The second-order valence-corrected chi connectivity index (χ2v) is 4.90. The van der Waals surface area contributed by atoms with Gasteiger partial charge in [-0.3, -0.25) is 14.9 Å². The molecule has 2 unspecified atom stereocenters. The molecule has 1 saturated carbocycles. The number of nitrogens with zero attached hydrogens (tertiary/aromatic N) is 1. The fourth-order valence-corrected chi connectivity index (χ4v) is 2.37. The zero-order valence-corrected chi connectivity index (χ0v) is 10.3. The molecule has 96 valence electrons. The Morgan fingerprint density at radius 2 is 2.22 bits per heavy atom. The quantitative estimate of drug-likeness (QED) is 0.659. The van der Waals surface area contributed by atoms with E-state index in [1.54, 1.807) is 6.07 Å². The molecule has 1 fully saturated rings. The van der Waals surface area contributed by atoms with Gasteiger partial charge >= 0.3 is 0 Å². The number of hydrogen-bond acceptors (Lipinski definition) is 3. The molecule has 2 atom stereocenters. The minimum atomic E-state index is -0.492. The van der Waals surface area contributed by atoms with Crippen LogP contribution < -0.4 is 5.32 Å². The molecule has 5 heteroatoms. The summed E-state index contributed by atoms with van der Waals surface area (Å²) in [6.07, 6.45) is 3.10. The summed E-state index contributed by atoms with van der Waals surface area (Å²) in [5, 5.41) is 13.6. The summed E-state index contributed by atoms with van der Waals surface area (Å²) in [6, 6.07) is 6.03. The van der Waals surface area contributed by atoms with Gasteiger partial charge in [-0.15, -0.1) is 0 Å². The van der Waals surface area contributed by atoms with Crippen LogP contribution in [0.25, 0.3) is 0 Å². The van der Waals surface area contributed by atoms with E-state index in [0.29, 0.717) is 11.5 Å². The molecule has 0 radical (unpaired) electrons. The van der Waals surface area contributed by atoms with Gasteiger partial charge in [-0.05, 0) is 31.2 Å². The van der Waals surface area contributed by atoms with Crippen molar-refractivity contribution in [3.05, 3.63) is 39.9 Å². The Bertz CT molecular complexity index is 473. The van der Waals surface area contributed by atoms with Crippen LogP contribution in [0.15, 0.2) is 24.3 Å². The first kappa shape index (κ1) is 12.5. The second-order valence-electron chi connectivity index (χ2n) is 4.90. The number of rotatable bonds is 3. The number of non-ortho nitro benzene ring substituents is 1. The maximum atomic E-state index is 11.9. The van der Waals surface area contributed by atoms with Crippen LogP contribution in [-0.4, -0.2) is 16.9 Å². The first-order valence-electron chi connectivity index (χ1n) is 6.11. The molecule has 1 aromatic rings. The molecule has 0 aromatic heterocycles.